The normalized spacial score (nSPS) is 57.1. The molecule has 4 N–H and O–H groups in total. The topological polar surface area (TPSA) is 98.0 Å². The summed E-state index contributed by atoms with van der Waals surface area (Å²) < 4.78 is 0. The third kappa shape index (κ3) is 2.90. The number of hydrogen-bond acceptors (Lipinski definition) is 4. The second-order valence-electron chi connectivity index (χ2n) is 14.9. The van der Waals surface area contributed by atoms with Gasteiger partial charge in [-0.05, 0) is 97.7 Å². The van der Waals surface area contributed by atoms with Crippen molar-refractivity contribution in [2.24, 2.45) is 50.7 Å². The molecule has 0 heterocycles. The summed E-state index contributed by atoms with van der Waals surface area (Å²) in [6.07, 6.45) is 7.21. The first-order valence-electron chi connectivity index (χ1n) is 14.0. The fourth-order valence-corrected chi connectivity index (χ4v) is 11.0. The average molecular weight is 489 g/mol. The number of hydrogen-bond donors (Lipinski definition) is 4. The van der Waals surface area contributed by atoms with E-state index in [0.29, 0.717) is 31.1 Å². The number of carbonyl (C=O) groups is 1. The molecular weight excluding hydrogens is 440 g/mol. The van der Waals surface area contributed by atoms with Gasteiger partial charge in [-0.3, -0.25) is 4.79 Å². The third-order valence-corrected chi connectivity index (χ3v) is 13.4. The molecule has 35 heavy (non-hydrogen) atoms. The molecule has 4 fully saturated rings. The molecule has 5 rings (SSSR count). The van der Waals surface area contributed by atoms with Crippen LogP contribution in [0.15, 0.2) is 11.6 Å². The summed E-state index contributed by atoms with van der Waals surface area (Å²) in [5, 5.41) is 44.3. The molecule has 5 heteroatoms. The van der Waals surface area contributed by atoms with Crippen LogP contribution in [0.4, 0.5) is 0 Å². The molecule has 0 aliphatic heterocycles. The second kappa shape index (κ2) is 7.35. The highest BCUT2D eigenvalue weighted by Gasteiger charge is 2.71. The fraction of sp³-hybridized carbons (Fsp3) is 0.900. The number of fused-ring (bicyclic) bond motifs is 7. The van der Waals surface area contributed by atoms with Crippen LogP contribution >= 0.6 is 0 Å². The van der Waals surface area contributed by atoms with Crippen LogP contribution in [0.1, 0.15) is 99.8 Å². The van der Waals surface area contributed by atoms with E-state index < -0.39 is 29.2 Å². The Morgan fingerprint density at radius 2 is 1.60 bits per heavy atom. The maximum atomic E-state index is 12.8. The molecule has 4 saturated carbocycles. The Labute approximate surface area is 211 Å². The zero-order valence-corrected chi connectivity index (χ0v) is 22.9. The van der Waals surface area contributed by atoms with Crippen LogP contribution < -0.4 is 0 Å². The van der Waals surface area contributed by atoms with Gasteiger partial charge in [0.25, 0.3) is 0 Å². The summed E-state index contributed by atoms with van der Waals surface area (Å²) >= 11 is 0. The lowest BCUT2D eigenvalue weighted by Crippen LogP contribution is -2.68. The summed E-state index contributed by atoms with van der Waals surface area (Å²) in [6, 6.07) is 0. The largest absolute Gasteiger partial charge is 0.481 e. The quantitative estimate of drug-likeness (QED) is 0.382. The number of carboxylic acids is 1. The van der Waals surface area contributed by atoms with E-state index >= 15 is 0 Å². The van der Waals surface area contributed by atoms with Crippen LogP contribution in [0.2, 0.25) is 0 Å². The first-order chi connectivity index (χ1) is 16.0. The molecule has 198 valence electrons. The van der Waals surface area contributed by atoms with Crippen molar-refractivity contribution >= 4 is 5.97 Å². The van der Waals surface area contributed by atoms with Gasteiger partial charge in [0.1, 0.15) is 0 Å². The molecule has 5 aliphatic carbocycles. The Kier molecular flexibility index (Phi) is 5.40. The van der Waals surface area contributed by atoms with Gasteiger partial charge in [-0.25, -0.2) is 0 Å². The van der Waals surface area contributed by atoms with Gasteiger partial charge in [0.2, 0.25) is 0 Å². The highest BCUT2D eigenvalue weighted by molar-refractivity contribution is 5.77. The van der Waals surface area contributed by atoms with Gasteiger partial charge in [0.15, 0.2) is 0 Å². The predicted molar refractivity (Wildman–Crippen MR) is 135 cm³/mol. The maximum absolute atomic E-state index is 12.8. The number of aliphatic hydroxyl groups excluding tert-OH is 2. The van der Waals surface area contributed by atoms with Crippen molar-refractivity contribution in [2.75, 3.05) is 0 Å². The standard InChI is InChI=1S/C30H48O5/c1-17-10-13-30(24(33)34)15-14-27(5)18(22(30)29(17,7)35)8-9-21-26(4)16-19(31)23(32)25(2,3)20(26)11-12-28(21,27)6/h8,17,19-23,31-32,35H,9-16H2,1-7H3,(H,33,34)/t17-,19-,20-,21+,22-,23+,26+,27-,28-,29-,30+/m1/s1. The van der Waals surface area contributed by atoms with E-state index in [0.717, 1.165) is 32.1 Å². The van der Waals surface area contributed by atoms with Crippen molar-refractivity contribution in [1.29, 1.82) is 0 Å². The van der Waals surface area contributed by atoms with Crippen LogP contribution in [0, 0.1) is 50.7 Å². The second-order valence-corrected chi connectivity index (χ2v) is 14.9. The van der Waals surface area contributed by atoms with E-state index in [2.05, 4.69) is 47.6 Å². The SMILES string of the molecule is C[C@@H]1CC[C@]2(C(=O)O)CC[C@]3(C)C(=CC[C@H]4[C@@]5(C)C[C@@H](O)[C@H](O)C(C)(C)[C@H]5CC[C@]43C)[C@@H]2[C@]1(C)O. The lowest BCUT2D eigenvalue weighted by Gasteiger charge is -2.72. The third-order valence-electron chi connectivity index (χ3n) is 13.4. The number of rotatable bonds is 1. The van der Waals surface area contributed by atoms with Crippen molar-refractivity contribution in [1.82, 2.24) is 0 Å². The van der Waals surface area contributed by atoms with Gasteiger partial charge in [-0.2, -0.15) is 0 Å². The number of aliphatic carboxylic acids is 1. The average Bonchev–Trinajstić information content (AvgIpc) is 2.75. The van der Waals surface area contributed by atoms with E-state index in [-0.39, 0.29) is 33.5 Å². The molecule has 5 nitrogen and oxygen atoms in total. The van der Waals surface area contributed by atoms with Crippen LogP contribution in [0.5, 0.6) is 0 Å². The van der Waals surface area contributed by atoms with Gasteiger partial charge in [-0.15, -0.1) is 0 Å². The smallest absolute Gasteiger partial charge is 0.310 e. The molecule has 0 aromatic heterocycles. The fourth-order valence-electron chi connectivity index (χ4n) is 11.0. The number of aliphatic hydroxyl groups is 3. The minimum absolute atomic E-state index is 0.0535. The molecule has 11 atom stereocenters. The molecular formula is C30H48O5. The lowest BCUT2D eigenvalue weighted by molar-refractivity contribution is -0.237. The van der Waals surface area contributed by atoms with E-state index in [1.807, 2.05) is 6.92 Å². The van der Waals surface area contributed by atoms with Crippen molar-refractivity contribution in [3.63, 3.8) is 0 Å². The van der Waals surface area contributed by atoms with Crippen molar-refractivity contribution in [3.8, 4) is 0 Å². The van der Waals surface area contributed by atoms with Crippen LogP contribution in [0.3, 0.4) is 0 Å². The lowest BCUT2D eigenvalue weighted by atomic mass is 9.33. The van der Waals surface area contributed by atoms with Gasteiger partial charge < -0.3 is 20.4 Å². The maximum Gasteiger partial charge on any atom is 0.310 e. The Balaban J connectivity index is 1.65. The number of allylic oxidation sites excluding steroid dienone is 1. The van der Waals surface area contributed by atoms with Crippen LogP contribution in [-0.2, 0) is 4.79 Å². The first kappa shape index (κ1) is 25.7. The van der Waals surface area contributed by atoms with Crippen LogP contribution in [-0.4, -0.2) is 44.2 Å². The highest BCUT2D eigenvalue weighted by Crippen LogP contribution is 2.76. The van der Waals surface area contributed by atoms with Gasteiger partial charge >= 0.3 is 5.97 Å². The molecule has 0 aromatic carbocycles. The van der Waals surface area contributed by atoms with Crippen molar-refractivity contribution in [3.05, 3.63) is 11.6 Å². The van der Waals surface area contributed by atoms with Crippen LogP contribution in [0.25, 0.3) is 0 Å². The molecule has 0 radical (unpaired) electrons. The Morgan fingerprint density at radius 3 is 2.23 bits per heavy atom. The van der Waals surface area contributed by atoms with E-state index in [1.54, 1.807) is 0 Å². The summed E-state index contributed by atoms with van der Waals surface area (Å²) in [4.78, 5) is 12.8. The molecule has 0 spiro atoms. The molecule has 0 aromatic rings. The number of carboxylic acid groups (broad SMARTS) is 1. The zero-order chi connectivity index (χ0) is 26.0. The van der Waals surface area contributed by atoms with E-state index in [1.165, 1.54) is 5.57 Å². The van der Waals surface area contributed by atoms with Gasteiger partial charge in [0.05, 0.1) is 23.2 Å². The predicted octanol–water partition coefficient (Wildman–Crippen LogP) is 5.18. The first-order valence-corrected chi connectivity index (χ1v) is 14.0. The molecule has 0 amide bonds. The Morgan fingerprint density at radius 1 is 0.943 bits per heavy atom. The zero-order valence-electron chi connectivity index (χ0n) is 22.9. The summed E-state index contributed by atoms with van der Waals surface area (Å²) in [5.74, 6) is -0.394. The minimum atomic E-state index is -1.05. The summed E-state index contributed by atoms with van der Waals surface area (Å²) in [6.45, 7) is 15.3. The van der Waals surface area contributed by atoms with E-state index in [9.17, 15) is 25.2 Å². The van der Waals surface area contributed by atoms with Gasteiger partial charge in [0, 0.05) is 5.92 Å². The molecule has 0 bridgehead atoms. The highest BCUT2D eigenvalue weighted by atomic mass is 16.4. The summed E-state index contributed by atoms with van der Waals surface area (Å²) in [5.41, 5.74) is -1.46. The van der Waals surface area contributed by atoms with Crippen molar-refractivity contribution in [2.45, 2.75) is 118 Å². The van der Waals surface area contributed by atoms with E-state index in [4.69, 9.17) is 0 Å². The minimum Gasteiger partial charge on any atom is -0.481 e. The van der Waals surface area contributed by atoms with Crippen molar-refractivity contribution < 1.29 is 25.2 Å². The summed E-state index contributed by atoms with van der Waals surface area (Å²) in [7, 11) is 0. The Hall–Kier alpha value is -0.910. The van der Waals surface area contributed by atoms with Gasteiger partial charge in [-0.1, -0.05) is 53.2 Å². The molecule has 0 saturated heterocycles. The molecule has 0 unspecified atom stereocenters. The monoisotopic (exact) mass is 488 g/mol. The Bertz CT molecular complexity index is 952. The molecule has 5 aliphatic rings.